The number of imidazole rings is 1. The Morgan fingerprint density at radius 2 is 1.79 bits per heavy atom. The third-order valence-electron chi connectivity index (χ3n) is 5.22. The van der Waals surface area contributed by atoms with E-state index in [9.17, 15) is 13.2 Å². The molecule has 0 amide bonds. The van der Waals surface area contributed by atoms with Crippen molar-refractivity contribution in [3.05, 3.63) is 92.7 Å². The Kier molecular flexibility index (Phi) is 5.59. The summed E-state index contributed by atoms with van der Waals surface area (Å²) in [7, 11) is -4.03. The number of benzene rings is 3. The van der Waals surface area contributed by atoms with E-state index in [1.165, 1.54) is 29.5 Å². The van der Waals surface area contributed by atoms with Gasteiger partial charge < -0.3 is 8.92 Å². The Morgan fingerprint density at radius 1 is 1.03 bits per heavy atom. The highest BCUT2D eigenvalue weighted by atomic mass is 32.2. The van der Waals surface area contributed by atoms with Crippen LogP contribution < -0.4 is 19.0 Å². The standard InChI is InChI=1S/C25H20N2O5S2/c1-3-31-22-14-17(10-13-21(22)32-34(29,30)18-11-8-16(2)9-12-18)15-23-24(28)27-20-7-5-4-6-19(20)26-25(27)33-23/h4-15H,3H2,1-2H3/b23-15+. The molecule has 5 rings (SSSR count). The molecule has 0 radical (unpaired) electrons. The van der Waals surface area contributed by atoms with Crippen molar-refractivity contribution >= 4 is 43.5 Å². The zero-order valence-corrected chi connectivity index (χ0v) is 20.0. The quantitative estimate of drug-likeness (QED) is 0.334. The maximum Gasteiger partial charge on any atom is 0.339 e. The van der Waals surface area contributed by atoms with Crippen LogP contribution >= 0.6 is 11.3 Å². The second-order valence-corrected chi connectivity index (χ2v) is 10.2. The summed E-state index contributed by atoms with van der Waals surface area (Å²) in [5, 5.41) is 0. The van der Waals surface area contributed by atoms with Crippen molar-refractivity contribution < 1.29 is 17.3 Å². The first-order chi connectivity index (χ1) is 16.4. The van der Waals surface area contributed by atoms with Gasteiger partial charge in [0.15, 0.2) is 16.5 Å². The average molecular weight is 493 g/mol. The number of hydrogen-bond donors (Lipinski definition) is 0. The van der Waals surface area contributed by atoms with Crippen LogP contribution in [0, 0.1) is 6.92 Å². The van der Waals surface area contributed by atoms with Gasteiger partial charge in [0.25, 0.3) is 5.56 Å². The molecule has 0 saturated carbocycles. The lowest BCUT2D eigenvalue weighted by molar-refractivity contribution is 0.327. The van der Waals surface area contributed by atoms with E-state index >= 15 is 0 Å². The van der Waals surface area contributed by atoms with Crippen LogP contribution in [0.15, 0.2) is 76.4 Å². The second kappa shape index (κ2) is 8.58. The van der Waals surface area contributed by atoms with Gasteiger partial charge in [-0.1, -0.05) is 47.2 Å². The van der Waals surface area contributed by atoms with Gasteiger partial charge in [0.2, 0.25) is 0 Å². The molecule has 2 heterocycles. The van der Waals surface area contributed by atoms with E-state index in [1.54, 1.807) is 41.7 Å². The Labute approximate surface area is 199 Å². The lowest BCUT2D eigenvalue weighted by atomic mass is 10.2. The number of rotatable bonds is 6. The topological polar surface area (TPSA) is 87.0 Å². The maximum atomic E-state index is 13.0. The molecule has 2 aromatic heterocycles. The average Bonchev–Trinajstić information content (AvgIpc) is 3.32. The van der Waals surface area contributed by atoms with Crippen LogP contribution in [0.3, 0.4) is 0 Å². The first-order valence-corrected chi connectivity index (χ1v) is 12.8. The smallest absolute Gasteiger partial charge is 0.339 e. The van der Waals surface area contributed by atoms with Gasteiger partial charge >= 0.3 is 10.1 Å². The van der Waals surface area contributed by atoms with E-state index in [0.717, 1.165) is 16.6 Å². The fourth-order valence-electron chi connectivity index (χ4n) is 3.59. The minimum Gasteiger partial charge on any atom is -0.490 e. The predicted octanol–water partition coefficient (Wildman–Crippen LogP) is 3.93. The molecule has 0 N–H and O–H groups in total. The van der Waals surface area contributed by atoms with Crippen LogP contribution in [0.4, 0.5) is 0 Å². The Balaban J connectivity index is 1.53. The number of thiazole rings is 1. The van der Waals surface area contributed by atoms with Gasteiger partial charge in [0, 0.05) is 0 Å². The molecule has 0 aliphatic carbocycles. The number of aromatic nitrogens is 2. The molecule has 0 atom stereocenters. The van der Waals surface area contributed by atoms with Gasteiger partial charge in [0.1, 0.15) is 4.90 Å². The summed E-state index contributed by atoms with van der Waals surface area (Å²) >= 11 is 1.29. The maximum absolute atomic E-state index is 13.0. The Morgan fingerprint density at radius 3 is 2.56 bits per heavy atom. The second-order valence-electron chi connectivity index (χ2n) is 7.62. The lowest BCUT2D eigenvalue weighted by Crippen LogP contribution is -2.22. The highest BCUT2D eigenvalue weighted by Gasteiger charge is 2.19. The van der Waals surface area contributed by atoms with Crippen LogP contribution in [-0.4, -0.2) is 24.4 Å². The third-order valence-corrected chi connectivity index (χ3v) is 7.44. The molecule has 0 aliphatic heterocycles. The summed E-state index contributed by atoms with van der Waals surface area (Å²) in [5.41, 5.74) is 3.00. The van der Waals surface area contributed by atoms with Crippen LogP contribution in [-0.2, 0) is 10.1 Å². The molecule has 172 valence electrons. The first-order valence-electron chi connectivity index (χ1n) is 10.6. The van der Waals surface area contributed by atoms with Gasteiger partial charge in [-0.2, -0.15) is 8.42 Å². The minimum atomic E-state index is -4.03. The number of hydrogen-bond acceptors (Lipinski definition) is 7. The predicted molar refractivity (Wildman–Crippen MR) is 132 cm³/mol. The van der Waals surface area contributed by atoms with Gasteiger partial charge in [-0.05, 0) is 61.9 Å². The summed E-state index contributed by atoms with van der Waals surface area (Å²) in [6.45, 7) is 3.99. The molecule has 0 unspecified atom stereocenters. The van der Waals surface area contributed by atoms with Gasteiger partial charge in [-0.25, -0.2) is 9.38 Å². The van der Waals surface area contributed by atoms with Crippen molar-refractivity contribution in [1.82, 2.24) is 9.38 Å². The molecule has 0 saturated heterocycles. The molecule has 0 fully saturated rings. The summed E-state index contributed by atoms with van der Waals surface area (Å²) in [6, 6.07) is 18.8. The molecule has 0 spiro atoms. The van der Waals surface area contributed by atoms with Crippen molar-refractivity contribution in [3.63, 3.8) is 0 Å². The van der Waals surface area contributed by atoms with E-state index in [1.807, 2.05) is 31.2 Å². The van der Waals surface area contributed by atoms with Crippen LogP contribution in [0.2, 0.25) is 0 Å². The van der Waals surface area contributed by atoms with Crippen LogP contribution in [0.25, 0.3) is 22.1 Å². The van der Waals surface area contributed by atoms with E-state index in [0.29, 0.717) is 21.7 Å². The van der Waals surface area contributed by atoms with Crippen molar-refractivity contribution in [3.8, 4) is 11.5 Å². The monoisotopic (exact) mass is 492 g/mol. The number of para-hydroxylation sites is 2. The number of nitrogens with zero attached hydrogens (tertiary/aromatic N) is 2. The molecule has 34 heavy (non-hydrogen) atoms. The molecule has 3 aromatic carbocycles. The van der Waals surface area contributed by atoms with Crippen molar-refractivity contribution in [2.75, 3.05) is 6.61 Å². The molecule has 7 nitrogen and oxygen atoms in total. The zero-order valence-electron chi connectivity index (χ0n) is 18.4. The Bertz CT molecular complexity index is 1740. The van der Waals surface area contributed by atoms with Gasteiger partial charge in [0.05, 0.1) is 22.2 Å². The normalized spacial score (nSPS) is 12.5. The van der Waals surface area contributed by atoms with Crippen molar-refractivity contribution in [2.45, 2.75) is 18.7 Å². The fourth-order valence-corrected chi connectivity index (χ4v) is 5.51. The highest BCUT2D eigenvalue weighted by Crippen LogP contribution is 2.31. The number of ether oxygens (including phenoxy) is 1. The molecule has 0 aliphatic rings. The largest absolute Gasteiger partial charge is 0.490 e. The highest BCUT2D eigenvalue weighted by molar-refractivity contribution is 7.87. The van der Waals surface area contributed by atoms with E-state index < -0.39 is 10.1 Å². The van der Waals surface area contributed by atoms with E-state index in [2.05, 4.69) is 4.98 Å². The van der Waals surface area contributed by atoms with E-state index in [-0.39, 0.29) is 22.0 Å². The van der Waals surface area contributed by atoms with Crippen LogP contribution in [0.1, 0.15) is 18.1 Å². The van der Waals surface area contributed by atoms with Gasteiger partial charge in [-0.3, -0.25) is 4.79 Å². The van der Waals surface area contributed by atoms with Crippen LogP contribution in [0.5, 0.6) is 11.5 Å². The van der Waals surface area contributed by atoms with E-state index in [4.69, 9.17) is 8.92 Å². The number of aryl methyl sites for hydroxylation is 1. The fraction of sp³-hybridized carbons (Fsp3) is 0.120. The summed E-state index contributed by atoms with van der Waals surface area (Å²) in [4.78, 5) is 18.2. The SMILES string of the molecule is CCOc1cc(/C=c2/sc3nc4ccccc4n3c2=O)ccc1OS(=O)(=O)c1ccc(C)cc1. The summed E-state index contributed by atoms with van der Waals surface area (Å²) < 4.78 is 38.6. The van der Waals surface area contributed by atoms with Crippen molar-refractivity contribution in [1.29, 1.82) is 0 Å². The van der Waals surface area contributed by atoms with Gasteiger partial charge in [-0.15, -0.1) is 0 Å². The lowest BCUT2D eigenvalue weighted by Gasteiger charge is -2.12. The zero-order chi connectivity index (χ0) is 23.9. The molecule has 9 heteroatoms. The van der Waals surface area contributed by atoms with Crippen molar-refractivity contribution in [2.24, 2.45) is 0 Å². The third kappa shape index (κ3) is 4.04. The summed E-state index contributed by atoms with van der Waals surface area (Å²) in [6.07, 6.45) is 1.73. The minimum absolute atomic E-state index is 0.0568. The molecular weight excluding hydrogens is 472 g/mol. The molecule has 0 bridgehead atoms. The Hall–Kier alpha value is -3.69. The molecule has 5 aromatic rings. The summed E-state index contributed by atoms with van der Waals surface area (Å²) in [5.74, 6) is 0.347. The first kappa shape index (κ1) is 22.1. The number of fused-ring (bicyclic) bond motifs is 3. The molecular formula is C25H20N2O5S2.